The number of carbonyl (C=O) groups excluding carboxylic acids is 2. The minimum absolute atomic E-state index is 0.183. The third kappa shape index (κ3) is 2.64. The van der Waals surface area contributed by atoms with E-state index in [0.29, 0.717) is 21.1 Å². The van der Waals surface area contributed by atoms with Crippen LogP contribution >= 0.6 is 24.0 Å². The molecule has 3 aliphatic rings. The van der Waals surface area contributed by atoms with E-state index in [4.69, 9.17) is 12.2 Å². The molecule has 3 heterocycles. The highest BCUT2D eigenvalue weighted by Crippen LogP contribution is 2.66. The van der Waals surface area contributed by atoms with Crippen LogP contribution in [0.2, 0.25) is 0 Å². The number of fused-ring (bicyclic) bond motifs is 3. The van der Waals surface area contributed by atoms with E-state index in [1.165, 1.54) is 34.1 Å². The van der Waals surface area contributed by atoms with E-state index < -0.39 is 27.8 Å². The van der Waals surface area contributed by atoms with Crippen molar-refractivity contribution >= 4 is 45.8 Å². The van der Waals surface area contributed by atoms with Crippen LogP contribution in [0.15, 0.2) is 55.1 Å². The first-order valence-corrected chi connectivity index (χ1v) is 11.6. The Balaban J connectivity index is 1.85. The SMILES string of the molecule is C=CCN1C(=O)[C@]2(SC1=S)[C@@H](c1cccc(F)c1)CN(C)[C@@]21C(=O)N(C)c2ccc(F)cc21. The van der Waals surface area contributed by atoms with E-state index in [-0.39, 0.29) is 24.9 Å². The topological polar surface area (TPSA) is 43.9 Å². The number of nitrogens with zero attached hydrogens (tertiary/aromatic N) is 3. The fourth-order valence-electron chi connectivity index (χ4n) is 5.68. The molecule has 2 aromatic rings. The Hall–Kier alpha value is -2.62. The number of rotatable bonds is 3. The molecule has 2 amide bonds. The molecule has 5 rings (SSSR count). The quantitative estimate of drug-likeness (QED) is 0.491. The van der Waals surface area contributed by atoms with Crippen molar-refractivity contribution in [2.24, 2.45) is 0 Å². The van der Waals surface area contributed by atoms with Crippen LogP contribution in [-0.2, 0) is 15.1 Å². The van der Waals surface area contributed by atoms with Crippen LogP contribution in [0, 0.1) is 11.6 Å². The Morgan fingerprint density at radius 2 is 1.88 bits per heavy atom. The number of likely N-dealkylation sites (N-methyl/N-ethyl adjacent to an activating group) is 2. The third-order valence-corrected chi connectivity index (χ3v) is 8.92. The van der Waals surface area contributed by atoms with Gasteiger partial charge in [0.1, 0.15) is 20.7 Å². The number of amides is 2. The summed E-state index contributed by atoms with van der Waals surface area (Å²) in [5.41, 5.74) is 0.0235. The highest BCUT2D eigenvalue weighted by molar-refractivity contribution is 8.25. The lowest BCUT2D eigenvalue weighted by molar-refractivity contribution is -0.138. The summed E-state index contributed by atoms with van der Waals surface area (Å²) in [5.74, 6) is -2.21. The smallest absolute Gasteiger partial charge is 0.254 e. The first-order chi connectivity index (χ1) is 15.7. The lowest BCUT2D eigenvalue weighted by Gasteiger charge is -2.42. The molecule has 0 N–H and O–H groups in total. The van der Waals surface area contributed by atoms with Crippen LogP contribution in [-0.4, -0.2) is 57.9 Å². The van der Waals surface area contributed by atoms with E-state index in [2.05, 4.69) is 6.58 Å². The predicted octanol–water partition coefficient (Wildman–Crippen LogP) is 3.65. The number of benzene rings is 2. The summed E-state index contributed by atoms with van der Waals surface area (Å²) in [5, 5.41) is 0. The number of thiocarbonyl (C=S) groups is 1. The molecule has 3 aliphatic heterocycles. The van der Waals surface area contributed by atoms with Crippen molar-refractivity contribution < 1.29 is 18.4 Å². The van der Waals surface area contributed by atoms with Crippen LogP contribution in [0.4, 0.5) is 14.5 Å². The summed E-state index contributed by atoms with van der Waals surface area (Å²) in [6.45, 7) is 4.19. The Morgan fingerprint density at radius 1 is 1.15 bits per heavy atom. The fraction of sp³-hybridized carbons (Fsp3) is 0.292. The summed E-state index contributed by atoms with van der Waals surface area (Å²) >= 11 is 6.74. The van der Waals surface area contributed by atoms with Gasteiger partial charge in [0.15, 0.2) is 5.54 Å². The fourth-order valence-corrected chi connectivity index (χ4v) is 7.83. The maximum absolute atomic E-state index is 14.6. The third-order valence-electron chi connectivity index (χ3n) is 6.98. The highest BCUT2D eigenvalue weighted by atomic mass is 32.2. The van der Waals surface area contributed by atoms with Gasteiger partial charge in [0.25, 0.3) is 5.91 Å². The van der Waals surface area contributed by atoms with Crippen molar-refractivity contribution in [1.29, 1.82) is 0 Å². The first kappa shape index (κ1) is 22.2. The molecular weight excluding hydrogens is 464 g/mol. The van der Waals surface area contributed by atoms with Crippen molar-refractivity contribution in [2.45, 2.75) is 16.2 Å². The molecule has 2 saturated heterocycles. The second kappa shape index (κ2) is 7.44. The summed E-state index contributed by atoms with van der Waals surface area (Å²) in [6.07, 6.45) is 1.57. The zero-order chi connectivity index (χ0) is 23.7. The summed E-state index contributed by atoms with van der Waals surface area (Å²) in [6, 6.07) is 10.2. The van der Waals surface area contributed by atoms with Gasteiger partial charge in [-0.1, -0.05) is 42.2 Å². The maximum Gasteiger partial charge on any atom is 0.254 e. The lowest BCUT2D eigenvalue weighted by atomic mass is 9.72. The Labute approximate surface area is 200 Å². The number of carbonyl (C=O) groups is 2. The minimum atomic E-state index is -1.52. The second-order valence-electron chi connectivity index (χ2n) is 8.53. The van der Waals surface area contributed by atoms with Gasteiger partial charge in [-0.15, -0.1) is 6.58 Å². The van der Waals surface area contributed by atoms with Crippen molar-refractivity contribution in [3.63, 3.8) is 0 Å². The van der Waals surface area contributed by atoms with E-state index in [1.807, 2.05) is 0 Å². The molecule has 0 aromatic heterocycles. The Kier molecular flexibility index (Phi) is 5.00. The largest absolute Gasteiger partial charge is 0.313 e. The summed E-state index contributed by atoms with van der Waals surface area (Å²) < 4.78 is 27.7. The van der Waals surface area contributed by atoms with Gasteiger partial charge >= 0.3 is 0 Å². The highest BCUT2D eigenvalue weighted by Gasteiger charge is 2.78. The molecule has 2 fully saturated rings. The molecule has 9 heteroatoms. The van der Waals surface area contributed by atoms with Gasteiger partial charge in [0.05, 0.1) is 0 Å². The number of anilines is 1. The summed E-state index contributed by atoms with van der Waals surface area (Å²) in [4.78, 5) is 33.0. The average molecular weight is 486 g/mol. The monoisotopic (exact) mass is 485 g/mol. The number of hydrogen-bond donors (Lipinski definition) is 0. The zero-order valence-corrected chi connectivity index (χ0v) is 19.7. The van der Waals surface area contributed by atoms with Gasteiger partial charge in [0, 0.05) is 37.3 Å². The number of likely N-dealkylation sites (tertiary alicyclic amines) is 1. The molecule has 0 aliphatic carbocycles. The molecule has 2 aromatic carbocycles. The van der Waals surface area contributed by atoms with Gasteiger partial charge in [-0.3, -0.25) is 19.4 Å². The van der Waals surface area contributed by atoms with Crippen molar-refractivity contribution in [1.82, 2.24) is 9.80 Å². The molecule has 3 atom stereocenters. The van der Waals surface area contributed by atoms with Crippen molar-refractivity contribution in [2.75, 3.05) is 32.1 Å². The molecule has 0 bridgehead atoms. The standard InChI is InChI=1S/C24H21F2N3O2S2/c1-4-10-29-21(31)24(33-22(29)32)18(14-6-5-7-15(25)11-14)13-27(2)23(24)17-12-16(26)8-9-19(17)28(3)20(23)30/h4-9,11-12,18H,1,10,13H2,2-3H3/t18-,23+,24-/m1/s1. The van der Waals surface area contributed by atoms with Gasteiger partial charge in [-0.25, -0.2) is 8.78 Å². The first-order valence-electron chi connectivity index (χ1n) is 10.4. The van der Waals surface area contributed by atoms with Crippen molar-refractivity contribution in [3.8, 4) is 0 Å². The van der Waals surface area contributed by atoms with Crippen LogP contribution in [0.3, 0.4) is 0 Å². The Bertz CT molecular complexity index is 1240. The predicted molar refractivity (Wildman–Crippen MR) is 128 cm³/mol. The van der Waals surface area contributed by atoms with Crippen LogP contribution in [0.1, 0.15) is 17.0 Å². The summed E-state index contributed by atoms with van der Waals surface area (Å²) in [7, 11) is 3.37. The van der Waals surface area contributed by atoms with Gasteiger partial charge in [0.2, 0.25) is 5.91 Å². The van der Waals surface area contributed by atoms with Crippen LogP contribution in [0.5, 0.6) is 0 Å². The number of hydrogen-bond acceptors (Lipinski definition) is 5. The molecular formula is C24H21F2N3O2S2. The molecule has 33 heavy (non-hydrogen) atoms. The van der Waals surface area contributed by atoms with Gasteiger partial charge in [-0.05, 0) is 42.9 Å². The molecule has 0 radical (unpaired) electrons. The van der Waals surface area contributed by atoms with Crippen molar-refractivity contribution in [3.05, 3.63) is 77.9 Å². The lowest BCUT2D eigenvalue weighted by Crippen LogP contribution is -2.62. The Morgan fingerprint density at radius 3 is 2.58 bits per heavy atom. The van der Waals surface area contributed by atoms with E-state index >= 15 is 0 Å². The van der Waals surface area contributed by atoms with E-state index in [1.54, 1.807) is 43.3 Å². The van der Waals surface area contributed by atoms with Crippen LogP contribution in [0.25, 0.3) is 0 Å². The second-order valence-corrected chi connectivity index (χ2v) is 10.4. The maximum atomic E-state index is 14.6. The molecule has 0 saturated carbocycles. The molecule has 2 spiro atoms. The van der Waals surface area contributed by atoms with Gasteiger partial charge in [-0.2, -0.15) is 0 Å². The molecule has 170 valence electrons. The molecule has 5 nitrogen and oxygen atoms in total. The van der Waals surface area contributed by atoms with Gasteiger partial charge < -0.3 is 4.90 Å². The normalized spacial score (nSPS) is 29.1. The zero-order valence-electron chi connectivity index (χ0n) is 18.0. The minimum Gasteiger partial charge on any atom is -0.313 e. The average Bonchev–Trinajstić information content (AvgIpc) is 3.28. The number of thioether (sulfide) groups is 1. The molecule has 0 unspecified atom stereocenters. The van der Waals surface area contributed by atoms with E-state index in [9.17, 15) is 18.4 Å². The van der Waals surface area contributed by atoms with E-state index in [0.717, 1.165) is 11.8 Å². The number of halogens is 2. The van der Waals surface area contributed by atoms with Crippen LogP contribution < -0.4 is 4.90 Å².